The fourth-order valence-corrected chi connectivity index (χ4v) is 1.44. The van der Waals surface area contributed by atoms with Crippen molar-refractivity contribution in [2.45, 2.75) is 19.8 Å². The Hall–Kier alpha value is -1.03. The summed E-state index contributed by atoms with van der Waals surface area (Å²) in [6, 6.07) is 1.11. The summed E-state index contributed by atoms with van der Waals surface area (Å²) < 4.78 is 25.9. The van der Waals surface area contributed by atoms with Gasteiger partial charge in [-0.1, -0.05) is 11.6 Å². The lowest BCUT2D eigenvalue weighted by molar-refractivity contribution is 0.0174. The Morgan fingerprint density at radius 3 is 2.57 bits per heavy atom. The largest absolute Gasteiger partial charge is 0.293 e. The van der Waals surface area contributed by atoms with E-state index in [0.717, 1.165) is 19.2 Å². The molecule has 0 aliphatic heterocycles. The quantitative estimate of drug-likeness (QED) is 0.716. The molecular weight excluding hydrogens is 212 g/mol. The highest BCUT2D eigenvalue weighted by Crippen LogP contribution is 2.33. The third-order valence-electron chi connectivity index (χ3n) is 1.70. The van der Waals surface area contributed by atoms with E-state index in [4.69, 9.17) is 11.6 Å². The minimum Gasteiger partial charge on any atom is -0.293 e. The van der Waals surface area contributed by atoms with Gasteiger partial charge in [-0.2, -0.15) is 0 Å². The van der Waals surface area contributed by atoms with Crippen molar-refractivity contribution in [1.82, 2.24) is 4.98 Å². The summed E-state index contributed by atoms with van der Waals surface area (Å²) in [4.78, 5) is 14.6. The number of hydrogen-bond donors (Lipinski definition) is 0. The summed E-state index contributed by atoms with van der Waals surface area (Å²) in [5, 5.41) is -0.271. The van der Waals surface area contributed by atoms with Crippen LogP contribution >= 0.6 is 11.6 Å². The maximum Gasteiger partial charge on any atom is 0.272 e. The molecule has 0 aliphatic carbocycles. The molecule has 5 heteroatoms. The maximum atomic E-state index is 12.9. The summed E-state index contributed by atoms with van der Waals surface area (Å²) in [5.41, 5.74) is -0.495. The molecule has 0 fully saturated rings. The number of carbonyl (C=O) groups is 1. The molecule has 0 N–H and O–H groups in total. The zero-order valence-electron chi connectivity index (χ0n) is 7.64. The molecule has 1 aromatic heterocycles. The van der Waals surface area contributed by atoms with Crippen LogP contribution in [0.15, 0.2) is 12.3 Å². The Balaban J connectivity index is 3.35. The van der Waals surface area contributed by atoms with Crippen LogP contribution in [-0.4, -0.2) is 10.8 Å². The van der Waals surface area contributed by atoms with Crippen LogP contribution in [0.5, 0.6) is 0 Å². The van der Waals surface area contributed by atoms with Crippen molar-refractivity contribution in [1.29, 1.82) is 0 Å². The molecule has 0 unspecified atom stereocenters. The first-order chi connectivity index (χ1) is 6.34. The Bertz CT molecular complexity index is 374. The molecule has 1 heterocycles. The Morgan fingerprint density at radius 1 is 1.57 bits per heavy atom. The SMILES string of the molecule is CC(=O)c1nccc(C(C)(F)F)c1Cl. The number of halogens is 3. The minimum atomic E-state index is -3.07. The summed E-state index contributed by atoms with van der Waals surface area (Å²) in [7, 11) is 0. The average molecular weight is 220 g/mol. The molecule has 0 aliphatic rings. The van der Waals surface area contributed by atoms with Gasteiger partial charge in [-0.15, -0.1) is 0 Å². The Kier molecular flexibility index (Phi) is 2.85. The van der Waals surface area contributed by atoms with E-state index in [0.29, 0.717) is 0 Å². The molecule has 2 nitrogen and oxygen atoms in total. The molecule has 0 radical (unpaired) electrons. The Labute approximate surface area is 84.9 Å². The lowest BCUT2D eigenvalue weighted by Crippen LogP contribution is -2.11. The van der Waals surface area contributed by atoms with Gasteiger partial charge in [0, 0.05) is 25.6 Å². The van der Waals surface area contributed by atoms with Gasteiger partial charge in [0.15, 0.2) is 5.78 Å². The van der Waals surface area contributed by atoms with Crippen LogP contribution in [0.2, 0.25) is 5.02 Å². The average Bonchev–Trinajstić information content (AvgIpc) is 2.01. The number of pyridine rings is 1. The predicted molar refractivity (Wildman–Crippen MR) is 48.8 cm³/mol. The zero-order chi connectivity index (χ0) is 10.9. The standard InChI is InChI=1S/C9H8ClF2NO/c1-5(14)8-7(10)6(3-4-13-8)9(2,11)12/h3-4H,1-2H3. The fraction of sp³-hybridized carbons (Fsp3) is 0.333. The number of alkyl halides is 2. The van der Waals surface area contributed by atoms with Gasteiger partial charge in [-0.3, -0.25) is 9.78 Å². The van der Waals surface area contributed by atoms with Gasteiger partial charge in [0.2, 0.25) is 0 Å². The summed E-state index contributed by atoms with van der Waals surface area (Å²) in [5.74, 6) is -3.49. The van der Waals surface area contributed by atoms with Gasteiger partial charge < -0.3 is 0 Å². The number of hydrogen-bond acceptors (Lipinski definition) is 2. The van der Waals surface area contributed by atoms with E-state index in [2.05, 4.69) is 4.98 Å². The van der Waals surface area contributed by atoms with Crippen LogP contribution in [0.1, 0.15) is 29.9 Å². The molecule has 0 bridgehead atoms. The monoisotopic (exact) mass is 219 g/mol. The predicted octanol–water partition coefficient (Wildman–Crippen LogP) is 3.05. The molecule has 0 aromatic carbocycles. The van der Waals surface area contributed by atoms with E-state index in [-0.39, 0.29) is 16.3 Å². The highest BCUT2D eigenvalue weighted by molar-refractivity contribution is 6.34. The number of aromatic nitrogens is 1. The third kappa shape index (κ3) is 2.07. The minimum absolute atomic E-state index is 0.120. The van der Waals surface area contributed by atoms with Crippen molar-refractivity contribution in [2.75, 3.05) is 0 Å². The smallest absolute Gasteiger partial charge is 0.272 e. The summed E-state index contributed by atoms with van der Waals surface area (Å²) in [6.07, 6.45) is 1.15. The second-order valence-electron chi connectivity index (χ2n) is 2.97. The number of rotatable bonds is 2. The normalized spacial score (nSPS) is 11.5. The summed E-state index contributed by atoms with van der Waals surface area (Å²) in [6.45, 7) is 1.95. The second-order valence-corrected chi connectivity index (χ2v) is 3.34. The van der Waals surface area contributed by atoms with Crippen LogP contribution in [0.4, 0.5) is 8.78 Å². The van der Waals surface area contributed by atoms with Crippen LogP contribution in [-0.2, 0) is 5.92 Å². The highest BCUT2D eigenvalue weighted by atomic mass is 35.5. The van der Waals surface area contributed by atoms with Crippen LogP contribution < -0.4 is 0 Å². The van der Waals surface area contributed by atoms with Crippen LogP contribution in [0.3, 0.4) is 0 Å². The van der Waals surface area contributed by atoms with Gasteiger partial charge in [0.05, 0.1) is 5.02 Å². The Morgan fingerprint density at radius 2 is 2.14 bits per heavy atom. The van der Waals surface area contributed by atoms with Crippen molar-refractivity contribution in [3.05, 3.63) is 28.5 Å². The molecule has 0 atom stereocenters. The van der Waals surface area contributed by atoms with Crippen LogP contribution in [0, 0.1) is 0 Å². The first kappa shape index (κ1) is 11.0. The van der Waals surface area contributed by atoms with Crippen molar-refractivity contribution >= 4 is 17.4 Å². The third-order valence-corrected chi connectivity index (χ3v) is 2.08. The molecule has 0 amide bonds. The molecule has 0 saturated carbocycles. The van der Waals surface area contributed by atoms with E-state index in [9.17, 15) is 13.6 Å². The molecule has 0 spiro atoms. The van der Waals surface area contributed by atoms with E-state index in [1.165, 1.54) is 6.92 Å². The van der Waals surface area contributed by atoms with Crippen molar-refractivity contribution < 1.29 is 13.6 Å². The number of carbonyl (C=O) groups excluding carboxylic acids is 1. The number of ketones is 1. The summed E-state index contributed by atoms with van der Waals surface area (Å²) >= 11 is 5.63. The lowest BCUT2D eigenvalue weighted by Gasteiger charge is -2.13. The molecule has 14 heavy (non-hydrogen) atoms. The van der Waals surface area contributed by atoms with E-state index in [1.807, 2.05) is 0 Å². The first-order valence-corrected chi connectivity index (χ1v) is 4.25. The van der Waals surface area contributed by atoms with Gasteiger partial charge in [0.25, 0.3) is 5.92 Å². The molecule has 1 rings (SSSR count). The first-order valence-electron chi connectivity index (χ1n) is 3.87. The zero-order valence-corrected chi connectivity index (χ0v) is 8.40. The van der Waals surface area contributed by atoms with Crippen molar-refractivity contribution in [2.24, 2.45) is 0 Å². The maximum absolute atomic E-state index is 12.9. The number of Topliss-reactive ketones (excluding diaryl/α,β-unsaturated/α-hetero) is 1. The second kappa shape index (κ2) is 3.61. The molecule has 1 aromatic rings. The van der Waals surface area contributed by atoms with E-state index >= 15 is 0 Å². The molecule has 0 saturated heterocycles. The van der Waals surface area contributed by atoms with Gasteiger partial charge in [-0.25, -0.2) is 8.78 Å². The number of nitrogens with zero attached hydrogens (tertiary/aromatic N) is 1. The van der Waals surface area contributed by atoms with Crippen molar-refractivity contribution in [3.63, 3.8) is 0 Å². The highest BCUT2D eigenvalue weighted by Gasteiger charge is 2.29. The van der Waals surface area contributed by atoms with Crippen LogP contribution in [0.25, 0.3) is 0 Å². The van der Waals surface area contributed by atoms with Gasteiger partial charge >= 0.3 is 0 Å². The molecular formula is C9H8ClF2NO. The van der Waals surface area contributed by atoms with E-state index in [1.54, 1.807) is 0 Å². The topological polar surface area (TPSA) is 30.0 Å². The van der Waals surface area contributed by atoms with Gasteiger partial charge in [-0.05, 0) is 6.07 Å². The lowest BCUT2D eigenvalue weighted by atomic mass is 10.1. The molecule has 76 valence electrons. The fourth-order valence-electron chi connectivity index (χ4n) is 1.03. The van der Waals surface area contributed by atoms with Crippen molar-refractivity contribution in [3.8, 4) is 0 Å². The van der Waals surface area contributed by atoms with Gasteiger partial charge in [0.1, 0.15) is 5.69 Å². The van der Waals surface area contributed by atoms with E-state index < -0.39 is 11.7 Å².